The molecular formula is C11H17BrO2Si. The predicted molar refractivity (Wildman–Crippen MR) is 68.3 cm³/mol. The lowest BCUT2D eigenvalue weighted by Gasteiger charge is -2.21. The van der Waals surface area contributed by atoms with Gasteiger partial charge in [-0.25, -0.2) is 0 Å². The van der Waals surface area contributed by atoms with E-state index in [9.17, 15) is 0 Å². The molecule has 4 heteroatoms. The zero-order valence-electron chi connectivity index (χ0n) is 9.37. The first-order chi connectivity index (χ1) is 7.22. The lowest BCUT2D eigenvalue weighted by molar-refractivity contribution is 0.265. The third kappa shape index (κ3) is 3.41. The first-order valence-electron chi connectivity index (χ1n) is 5.04. The van der Waals surface area contributed by atoms with Crippen LogP contribution >= 0.6 is 15.9 Å². The number of hydrogen-bond acceptors (Lipinski definition) is 2. The normalized spacial score (nSPS) is 13.1. The predicted octanol–water partition coefficient (Wildman–Crippen LogP) is 3.00. The molecular weight excluding hydrogens is 272 g/mol. The summed E-state index contributed by atoms with van der Waals surface area (Å²) in [5.74, 6) is 0. The van der Waals surface area contributed by atoms with Crippen molar-refractivity contribution in [3.63, 3.8) is 0 Å². The van der Waals surface area contributed by atoms with Gasteiger partial charge >= 0.3 is 9.28 Å². The molecule has 0 spiro atoms. The maximum atomic E-state index is 5.44. The van der Waals surface area contributed by atoms with Crippen LogP contribution in [0.25, 0.3) is 0 Å². The van der Waals surface area contributed by atoms with Crippen molar-refractivity contribution in [2.75, 3.05) is 14.2 Å². The van der Waals surface area contributed by atoms with Crippen LogP contribution in [-0.2, 0) is 8.85 Å². The van der Waals surface area contributed by atoms with Crippen molar-refractivity contribution in [2.24, 2.45) is 0 Å². The summed E-state index contributed by atoms with van der Waals surface area (Å²) in [4.78, 5) is 0. The van der Waals surface area contributed by atoms with Gasteiger partial charge in [0.1, 0.15) is 0 Å². The Bertz CT molecular complexity index is 285. The highest BCUT2D eigenvalue weighted by Gasteiger charge is 2.24. The molecule has 0 N–H and O–H groups in total. The molecule has 1 aromatic rings. The third-order valence-corrected chi connectivity index (χ3v) is 5.50. The van der Waals surface area contributed by atoms with Crippen molar-refractivity contribution in [2.45, 2.75) is 18.9 Å². The summed E-state index contributed by atoms with van der Waals surface area (Å²) in [7, 11) is 1.91. The van der Waals surface area contributed by atoms with Gasteiger partial charge < -0.3 is 8.85 Å². The van der Waals surface area contributed by atoms with E-state index >= 15 is 0 Å². The van der Waals surface area contributed by atoms with Crippen LogP contribution in [0.5, 0.6) is 0 Å². The molecule has 0 fully saturated rings. The minimum atomic E-state index is -1.56. The topological polar surface area (TPSA) is 18.5 Å². The van der Waals surface area contributed by atoms with Gasteiger partial charge in [0.2, 0.25) is 0 Å². The van der Waals surface area contributed by atoms with Gasteiger partial charge in [0.15, 0.2) is 0 Å². The van der Waals surface area contributed by atoms with Crippen LogP contribution in [0.2, 0.25) is 0 Å². The van der Waals surface area contributed by atoms with E-state index in [1.54, 1.807) is 14.2 Å². The van der Waals surface area contributed by atoms with Gasteiger partial charge in [-0.05, 0) is 24.1 Å². The maximum absolute atomic E-state index is 5.44. The van der Waals surface area contributed by atoms with Crippen LogP contribution in [0.3, 0.4) is 0 Å². The molecule has 0 heterocycles. The summed E-state index contributed by atoms with van der Waals surface area (Å²) in [5.41, 5.74) is 1.73. The summed E-state index contributed by atoms with van der Waals surface area (Å²) in [6.07, 6.45) is 1.06. The number of hydrogen-bond donors (Lipinski definition) is 0. The average molecular weight is 289 g/mol. The van der Waals surface area contributed by atoms with Crippen molar-refractivity contribution in [3.8, 4) is 0 Å². The van der Waals surface area contributed by atoms with Gasteiger partial charge in [-0.1, -0.05) is 35.0 Å². The van der Waals surface area contributed by atoms with E-state index in [0.717, 1.165) is 10.9 Å². The standard InChI is InChI=1S/C11H17BrO2Si/c1-4-11(15(13-2)14-3)9-5-7-10(12)8-6-9/h5-8,11,15H,4H2,1-3H3. The first-order valence-corrected chi connectivity index (χ1v) is 7.44. The van der Waals surface area contributed by atoms with E-state index in [2.05, 4.69) is 47.1 Å². The molecule has 1 rings (SSSR count). The fourth-order valence-corrected chi connectivity index (χ4v) is 3.76. The Hall–Kier alpha value is -0.163. The Morgan fingerprint density at radius 2 is 1.73 bits per heavy atom. The fraction of sp³-hybridized carbons (Fsp3) is 0.455. The second kappa shape index (κ2) is 6.43. The van der Waals surface area contributed by atoms with E-state index in [0.29, 0.717) is 5.54 Å². The van der Waals surface area contributed by atoms with Crippen LogP contribution in [0.1, 0.15) is 24.4 Å². The van der Waals surface area contributed by atoms with E-state index < -0.39 is 9.28 Å². The smallest absolute Gasteiger partial charge is 0.328 e. The molecule has 1 aromatic carbocycles. The Morgan fingerprint density at radius 3 is 2.13 bits per heavy atom. The van der Waals surface area contributed by atoms with Crippen molar-refractivity contribution in [3.05, 3.63) is 34.3 Å². The Morgan fingerprint density at radius 1 is 1.20 bits per heavy atom. The van der Waals surface area contributed by atoms with Crippen LogP contribution in [0.15, 0.2) is 28.7 Å². The van der Waals surface area contributed by atoms with Crippen LogP contribution in [0, 0.1) is 0 Å². The third-order valence-electron chi connectivity index (χ3n) is 2.53. The average Bonchev–Trinajstić information content (AvgIpc) is 2.27. The Balaban J connectivity index is 2.86. The molecule has 2 nitrogen and oxygen atoms in total. The molecule has 0 radical (unpaired) electrons. The fourth-order valence-electron chi connectivity index (χ4n) is 1.72. The van der Waals surface area contributed by atoms with E-state index in [1.807, 2.05) is 0 Å². The van der Waals surface area contributed by atoms with E-state index in [1.165, 1.54) is 5.56 Å². The molecule has 0 aromatic heterocycles. The van der Waals surface area contributed by atoms with Gasteiger partial charge in [0.05, 0.1) is 0 Å². The van der Waals surface area contributed by atoms with Crippen molar-refractivity contribution < 1.29 is 8.85 Å². The van der Waals surface area contributed by atoms with Gasteiger partial charge in [-0.3, -0.25) is 0 Å². The largest absolute Gasteiger partial charge is 0.400 e. The highest BCUT2D eigenvalue weighted by atomic mass is 79.9. The van der Waals surface area contributed by atoms with Crippen molar-refractivity contribution in [1.29, 1.82) is 0 Å². The molecule has 15 heavy (non-hydrogen) atoms. The van der Waals surface area contributed by atoms with Crippen molar-refractivity contribution >= 4 is 25.2 Å². The van der Waals surface area contributed by atoms with E-state index in [-0.39, 0.29) is 0 Å². The number of benzene rings is 1. The second-order valence-corrected chi connectivity index (χ2v) is 6.81. The first kappa shape index (κ1) is 12.9. The molecule has 0 amide bonds. The lowest BCUT2D eigenvalue weighted by Crippen LogP contribution is -2.28. The van der Waals surface area contributed by atoms with Crippen LogP contribution in [0.4, 0.5) is 0 Å². The maximum Gasteiger partial charge on any atom is 0.328 e. The Labute approximate surface area is 102 Å². The minimum Gasteiger partial charge on any atom is -0.400 e. The summed E-state index contributed by atoms with van der Waals surface area (Å²) < 4.78 is 12.0. The zero-order chi connectivity index (χ0) is 11.3. The number of rotatable bonds is 5. The summed E-state index contributed by atoms with van der Waals surface area (Å²) in [6.45, 7) is 2.17. The molecule has 0 aliphatic heterocycles. The molecule has 0 saturated heterocycles. The molecule has 0 aliphatic carbocycles. The van der Waals surface area contributed by atoms with Crippen LogP contribution in [-0.4, -0.2) is 23.5 Å². The van der Waals surface area contributed by atoms with Gasteiger partial charge in [0.25, 0.3) is 0 Å². The minimum absolute atomic E-state index is 0.424. The van der Waals surface area contributed by atoms with Crippen LogP contribution < -0.4 is 0 Å². The van der Waals surface area contributed by atoms with Gasteiger partial charge in [-0.2, -0.15) is 0 Å². The SMILES string of the molecule is CCC(c1ccc(Br)cc1)[SiH](OC)OC. The summed E-state index contributed by atoms with van der Waals surface area (Å²) in [5, 5.41) is 0. The molecule has 84 valence electrons. The van der Waals surface area contributed by atoms with E-state index in [4.69, 9.17) is 8.85 Å². The molecule has 0 aliphatic rings. The Kier molecular flexibility index (Phi) is 5.53. The van der Waals surface area contributed by atoms with Gasteiger partial charge in [0, 0.05) is 24.2 Å². The summed E-state index contributed by atoms with van der Waals surface area (Å²) >= 11 is 3.44. The quantitative estimate of drug-likeness (QED) is 0.776. The highest BCUT2D eigenvalue weighted by molar-refractivity contribution is 9.10. The zero-order valence-corrected chi connectivity index (χ0v) is 12.1. The summed E-state index contributed by atoms with van der Waals surface area (Å²) in [6, 6.07) is 8.40. The van der Waals surface area contributed by atoms with Gasteiger partial charge in [-0.15, -0.1) is 0 Å². The lowest BCUT2D eigenvalue weighted by atomic mass is 10.1. The monoisotopic (exact) mass is 288 g/mol. The number of halogens is 1. The molecule has 0 bridgehead atoms. The second-order valence-electron chi connectivity index (χ2n) is 3.41. The van der Waals surface area contributed by atoms with Crippen molar-refractivity contribution in [1.82, 2.24) is 0 Å². The molecule has 0 saturated carbocycles. The highest BCUT2D eigenvalue weighted by Crippen LogP contribution is 2.24. The molecule has 1 unspecified atom stereocenters. The molecule has 1 atom stereocenters.